The van der Waals surface area contributed by atoms with Crippen molar-refractivity contribution in [3.63, 3.8) is 0 Å². The van der Waals surface area contributed by atoms with Crippen LogP contribution in [0.5, 0.6) is 0 Å². The SMILES string of the molecule is Cc1oc(-c2ccc(Cl)cc2)nc1CSc1nc(N)c(C#N)c(-c2ccc(CC[C@H]3COC(C)(C)O3)cc2)c1C#N. The predicted octanol–water partition coefficient (Wildman–Crippen LogP) is 7.07. The Kier molecular flexibility index (Phi) is 8.35. The van der Waals surface area contributed by atoms with Gasteiger partial charge in [0.1, 0.15) is 34.3 Å². The molecule has 10 heteroatoms. The van der Waals surface area contributed by atoms with Gasteiger partial charge in [0, 0.05) is 21.9 Å². The highest BCUT2D eigenvalue weighted by Crippen LogP contribution is 2.37. The first-order valence-corrected chi connectivity index (χ1v) is 14.4. The van der Waals surface area contributed by atoms with Crippen molar-refractivity contribution in [1.82, 2.24) is 9.97 Å². The molecule has 0 saturated carbocycles. The number of rotatable bonds is 8. The number of nitrogens with two attached hydrogens (primary N) is 1. The summed E-state index contributed by atoms with van der Waals surface area (Å²) < 4.78 is 17.4. The standard InChI is InChI=1S/C31H28ClN5O3S/c1-18-26(36-29(39-18)21-9-11-22(32)12-10-21)17-41-30-25(15-34)27(24(14-33)28(35)37-30)20-7-4-19(5-8-20)6-13-23-16-38-31(2,3)40-23/h4-5,7-12,23H,6,13,16-17H2,1-3H3,(H2,35,37)/t23-/m0/s1. The van der Waals surface area contributed by atoms with Crippen molar-refractivity contribution >= 4 is 29.2 Å². The lowest BCUT2D eigenvalue weighted by atomic mass is 9.95. The van der Waals surface area contributed by atoms with Crippen molar-refractivity contribution in [2.75, 3.05) is 12.3 Å². The summed E-state index contributed by atoms with van der Waals surface area (Å²) in [4.78, 5) is 9.06. The zero-order valence-corrected chi connectivity index (χ0v) is 24.5. The van der Waals surface area contributed by atoms with Crippen LogP contribution in [0.25, 0.3) is 22.6 Å². The number of hydrogen-bond acceptors (Lipinski definition) is 9. The summed E-state index contributed by atoms with van der Waals surface area (Å²) >= 11 is 7.33. The molecule has 1 fully saturated rings. The summed E-state index contributed by atoms with van der Waals surface area (Å²) in [6.07, 6.45) is 1.70. The average molecular weight is 586 g/mol. The highest BCUT2D eigenvalue weighted by Gasteiger charge is 2.32. The molecule has 0 aliphatic carbocycles. The van der Waals surface area contributed by atoms with Gasteiger partial charge in [0.2, 0.25) is 5.89 Å². The molecule has 2 aromatic carbocycles. The van der Waals surface area contributed by atoms with Crippen LogP contribution in [-0.2, 0) is 21.6 Å². The summed E-state index contributed by atoms with van der Waals surface area (Å²) in [5.41, 5.74) is 10.6. The number of pyridine rings is 1. The number of hydrogen-bond donors (Lipinski definition) is 1. The van der Waals surface area contributed by atoms with Gasteiger partial charge in [-0.2, -0.15) is 10.5 Å². The number of nitriles is 2. The molecular weight excluding hydrogens is 558 g/mol. The molecule has 0 unspecified atom stereocenters. The second-order valence-corrected chi connectivity index (χ2v) is 11.6. The number of benzene rings is 2. The molecule has 5 rings (SSSR count). The Morgan fingerprint density at radius 1 is 1.02 bits per heavy atom. The first-order valence-electron chi connectivity index (χ1n) is 13.1. The normalized spacial score (nSPS) is 15.9. The Hall–Kier alpha value is -3.86. The Morgan fingerprint density at radius 3 is 2.34 bits per heavy atom. The van der Waals surface area contributed by atoms with Crippen molar-refractivity contribution in [1.29, 1.82) is 10.5 Å². The molecule has 4 aromatic rings. The molecule has 0 bridgehead atoms. The third kappa shape index (κ3) is 6.40. The summed E-state index contributed by atoms with van der Waals surface area (Å²) in [6.45, 7) is 6.25. The van der Waals surface area contributed by atoms with Gasteiger partial charge in [-0.15, -0.1) is 0 Å². The molecule has 0 spiro atoms. The van der Waals surface area contributed by atoms with E-state index in [9.17, 15) is 10.5 Å². The highest BCUT2D eigenvalue weighted by molar-refractivity contribution is 7.98. The second kappa shape index (κ2) is 11.9. The summed E-state index contributed by atoms with van der Waals surface area (Å²) in [5.74, 6) is 1.08. The quantitative estimate of drug-likeness (QED) is 0.216. The second-order valence-electron chi connectivity index (χ2n) is 10.2. The van der Waals surface area contributed by atoms with Gasteiger partial charge in [0.25, 0.3) is 0 Å². The number of ether oxygens (including phenoxy) is 2. The van der Waals surface area contributed by atoms with E-state index in [1.807, 2.05) is 57.2 Å². The molecular formula is C31H28ClN5O3S. The van der Waals surface area contributed by atoms with E-state index in [1.165, 1.54) is 11.8 Å². The van der Waals surface area contributed by atoms with E-state index in [0.29, 0.717) is 45.2 Å². The molecule has 0 radical (unpaired) electrons. The number of nitrogen functional groups attached to an aromatic ring is 1. The van der Waals surface area contributed by atoms with Crippen molar-refractivity contribution in [2.24, 2.45) is 0 Å². The number of anilines is 1. The average Bonchev–Trinajstić information content (AvgIpc) is 3.51. The Balaban J connectivity index is 1.37. The number of oxazole rings is 1. The van der Waals surface area contributed by atoms with Crippen LogP contribution >= 0.6 is 23.4 Å². The summed E-state index contributed by atoms with van der Waals surface area (Å²) in [5, 5.41) is 21.1. The molecule has 0 amide bonds. The van der Waals surface area contributed by atoms with E-state index in [-0.39, 0.29) is 17.5 Å². The van der Waals surface area contributed by atoms with E-state index < -0.39 is 5.79 Å². The van der Waals surface area contributed by atoms with Gasteiger partial charge in [0.15, 0.2) is 5.79 Å². The molecule has 41 heavy (non-hydrogen) atoms. The molecule has 2 aromatic heterocycles. The number of nitrogens with zero attached hydrogens (tertiary/aromatic N) is 4. The predicted molar refractivity (Wildman–Crippen MR) is 158 cm³/mol. The lowest BCUT2D eigenvalue weighted by molar-refractivity contribution is -0.138. The maximum atomic E-state index is 10.2. The fraction of sp³-hybridized carbons (Fsp3) is 0.290. The molecule has 3 heterocycles. The van der Waals surface area contributed by atoms with Gasteiger partial charge in [-0.1, -0.05) is 47.6 Å². The van der Waals surface area contributed by atoms with E-state index in [2.05, 4.69) is 22.1 Å². The van der Waals surface area contributed by atoms with Crippen LogP contribution in [0.15, 0.2) is 58.0 Å². The maximum absolute atomic E-state index is 10.2. The molecule has 2 N–H and O–H groups in total. The van der Waals surface area contributed by atoms with Crippen LogP contribution in [0.4, 0.5) is 5.82 Å². The van der Waals surface area contributed by atoms with E-state index in [4.69, 9.17) is 31.2 Å². The smallest absolute Gasteiger partial charge is 0.226 e. The van der Waals surface area contributed by atoms with Crippen molar-refractivity contribution in [3.05, 3.63) is 81.7 Å². The van der Waals surface area contributed by atoms with Crippen LogP contribution in [0.3, 0.4) is 0 Å². The van der Waals surface area contributed by atoms with Gasteiger partial charge in [-0.25, -0.2) is 9.97 Å². The first-order chi connectivity index (χ1) is 19.7. The minimum absolute atomic E-state index is 0.0512. The Bertz CT molecular complexity index is 1650. The van der Waals surface area contributed by atoms with Crippen LogP contribution < -0.4 is 5.73 Å². The Morgan fingerprint density at radius 2 is 1.71 bits per heavy atom. The number of aromatic nitrogens is 2. The molecule has 1 saturated heterocycles. The highest BCUT2D eigenvalue weighted by atomic mass is 35.5. The first kappa shape index (κ1) is 28.7. The maximum Gasteiger partial charge on any atom is 0.226 e. The zero-order chi connectivity index (χ0) is 29.1. The third-order valence-corrected chi connectivity index (χ3v) is 8.05. The van der Waals surface area contributed by atoms with Crippen LogP contribution in [-0.4, -0.2) is 28.5 Å². The lowest BCUT2D eigenvalue weighted by Crippen LogP contribution is -2.21. The summed E-state index contributed by atoms with van der Waals surface area (Å²) in [6, 6.07) is 19.5. The third-order valence-electron chi connectivity index (χ3n) is 6.81. The largest absolute Gasteiger partial charge is 0.441 e. The number of thioether (sulfide) groups is 1. The zero-order valence-electron chi connectivity index (χ0n) is 22.9. The van der Waals surface area contributed by atoms with Gasteiger partial charge in [-0.3, -0.25) is 0 Å². The fourth-order valence-corrected chi connectivity index (χ4v) is 5.80. The van der Waals surface area contributed by atoms with Crippen molar-refractivity contribution in [2.45, 2.75) is 56.3 Å². The molecule has 1 atom stereocenters. The van der Waals surface area contributed by atoms with E-state index in [0.717, 1.165) is 35.2 Å². The number of halogens is 1. The van der Waals surface area contributed by atoms with Gasteiger partial charge < -0.3 is 19.6 Å². The van der Waals surface area contributed by atoms with E-state index in [1.54, 1.807) is 12.1 Å². The van der Waals surface area contributed by atoms with Crippen molar-refractivity contribution < 1.29 is 13.9 Å². The van der Waals surface area contributed by atoms with Crippen LogP contribution in [0.1, 0.15) is 48.4 Å². The number of aryl methyl sites for hydroxylation is 2. The van der Waals surface area contributed by atoms with Crippen LogP contribution in [0, 0.1) is 29.6 Å². The molecule has 208 valence electrons. The molecule has 1 aliphatic rings. The molecule has 1 aliphatic heterocycles. The monoisotopic (exact) mass is 585 g/mol. The minimum atomic E-state index is -0.543. The minimum Gasteiger partial charge on any atom is -0.441 e. The topological polar surface area (TPSA) is 131 Å². The van der Waals surface area contributed by atoms with Gasteiger partial charge in [-0.05, 0) is 69.0 Å². The van der Waals surface area contributed by atoms with Gasteiger partial charge in [0.05, 0.1) is 24.0 Å². The van der Waals surface area contributed by atoms with E-state index >= 15 is 0 Å². The lowest BCUT2D eigenvalue weighted by Gasteiger charge is -2.17. The van der Waals surface area contributed by atoms with Gasteiger partial charge >= 0.3 is 0 Å². The Labute approximate surface area is 248 Å². The summed E-state index contributed by atoms with van der Waals surface area (Å²) in [7, 11) is 0. The molecule has 8 nitrogen and oxygen atoms in total. The fourth-order valence-electron chi connectivity index (χ4n) is 4.68. The van der Waals surface area contributed by atoms with Crippen molar-refractivity contribution in [3.8, 4) is 34.7 Å². The van der Waals surface area contributed by atoms with Crippen LogP contribution in [0.2, 0.25) is 5.02 Å².